The van der Waals surface area contributed by atoms with Crippen LogP contribution in [0.5, 0.6) is 5.75 Å². The van der Waals surface area contributed by atoms with Gasteiger partial charge in [-0.15, -0.1) is 0 Å². The Balaban J connectivity index is 2.16. The summed E-state index contributed by atoms with van der Waals surface area (Å²) in [6.45, 7) is 1.76. The molecule has 1 atom stereocenters. The summed E-state index contributed by atoms with van der Waals surface area (Å²) in [6.07, 6.45) is 0. The predicted octanol–water partition coefficient (Wildman–Crippen LogP) is 2.47. The first-order valence-corrected chi connectivity index (χ1v) is 6.77. The van der Waals surface area contributed by atoms with Crippen LogP contribution in [-0.4, -0.2) is 24.7 Å². The monoisotopic (exact) mass is 285 g/mol. The molecule has 4 nitrogen and oxygen atoms in total. The molecule has 4 heteroatoms. The van der Waals surface area contributed by atoms with Crippen molar-refractivity contribution in [2.24, 2.45) is 0 Å². The zero-order valence-corrected chi connectivity index (χ0v) is 12.2. The predicted molar refractivity (Wildman–Crippen MR) is 81.5 cm³/mol. The number of ether oxygens (including phenoxy) is 1. The number of benzene rings is 2. The normalized spacial score (nSPS) is 11.8. The highest BCUT2D eigenvalue weighted by atomic mass is 16.5. The molecule has 0 radical (unpaired) electrons. The van der Waals surface area contributed by atoms with E-state index in [1.165, 1.54) is 0 Å². The number of nitrogens with one attached hydrogen (secondary N) is 1. The van der Waals surface area contributed by atoms with E-state index in [1.54, 1.807) is 19.2 Å². The summed E-state index contributed by atoms with van der Waals surface area (Å²) in [7, 11) is 1.57. The molecule has 1 unspecified atom stereocenters. The second-order valence-corrected chi connectivity index (χ2v) is 4.80. The lowest BCUT2D eigenvalue weighted by Gasteiger charge is -2.17. The van der Waals surface area contributed by atoms with Crippen LogP contribution < -0.4 is 10.1 Å². The summed E-state index contributed by atoms with van der Waals surface area (Å²) >= 11 is 0. The van der Waals surface area contributed by atoms with E-state index in [0.717, 1.165) is 11.1 Å². The topological polar surface area (TPSA) is 58.6 Å². The fraction of sp³-hybridized carbons (Fsp3) is 0.235. The maximum Gasteiger partial charge on any atom is 0.251 e. The van der Waals surface area contributed by atoms with E-state index in [9.17, 15) is 9.90 Å². The minimum absolute atomic E-state index is 0.154. The molecule has 2 aromatic rings. The SMILES string of the molecule is COc1cc(C(=O)NC(CO)c2ccccc2)ccc1C. The van der Waals surface area contributed by atoms with Crippen molar-refractivity contribution < 1.29 is 14.6 Å². The number of carbonyl (C=O) groups is 1. The maximum atomic E-state index is 12.3. The minimum atomic E-state index is -0.425. The molecule has 21 heavy (non-hydrogen) atoms. The molecule has 0 fully saturated rings. The van der Waals surface area contributed by atoms with Crippen molar-refractivity contribution in [1.82, 2.24) is 5.32 Å². The molecule has 0 aliphatic heterocycles. The van der Waals surface area contributed by atoms with Gasteiger partial charge in [0.15, 0.2) is 0 Å². The summed E-state index contributed by atoms with van der Waals surface area (Å²) in [5.74, 6) is 0.430. The molecule has 0 heterocycles. The molecule has 110 valence electrons. The van der Waals surface area contributed by atoms with Gasteiger partial charge in [-0.3, -0.25) is 4.79 Å². The minimum Gasteiger partial charge on any atom is -0.496 e. The summed E-state index contributed by atoms with van der Waals surface area (Å²) in [5, 5.41) is 12.3. The quantitative estimate of drug-likeness (QED) is 0.887. The van der Waals surface area contributed by atoms with E-state index in [-0.39, 0.29) is 12.5 Å². The number of hydrogen-bond acceptors (Lipinski definition) is 3. The standard InChI is InChI=1S/C17H19NO3/c1-12-8-9-14(10-16(12)21-2)17(20)18-15(11-19)13-6-4-3-5-7-13/h3-10,15,19H,11H2,1-2H3,(H,18,20). The summed E-state index contributed by atoms with van der Waals surface area (Å²) in [6, 6.07) is 14.2. The average molecular weight is 285 g/mol. The van der Waals surface area contributed by atoms with Crippen LogP contribution in [0.2, 0.25) is 0 Å². The largest absolute Gasteiger partial charge is 0.496 e. The molecule has 0 bridgehead atoms. The molecule has 0 aliphatic carbocycles. The van der Waals surface area contributed by atoms with E-state index < -0.39 is 6.04 Å². The van der Waals surface area contributed by atoms with Gasteiger partial charge < -0.3 is 15.2 Å². The van der Waals surface area contributed by atoms with Gasteiger partial charge in [0.1, 0.15) is 5.75 Å². The lowest BCUT2D eigenvalue weighted by atomic mass is 10.1. The Hall–Kier alpha value is -2.33. The number of hydrogen-bond donors (Lipinski definition) is 2. The van der Waals surface area contributed by atoms with E-state index in [0.29, 0.717) is 11.3 Å². The van der Waals surface area contributed by atoms with Crippen molar-refractivity contribution in [1.29, 1.82) is 0 Å². The summed E-state index contributed by atoms with van der Waals surface area (Å²) < 4.78 is 5.22. The summed E-state index contributed by atoms with van der Waals surface area (Å²) in [5.41, 5.74) is 2.34. The van der Waals surface area contributed by atoms with Crippen LogP contribution in [0.3, 0.4) is 0 Å². The molecular weight excluding hydrogens is 266 g/mol. The molecule has 0 aliphatic rings. The first-order chi connectivity index (χ1) is 10.2. The second kappa shape index (κ2) is 6.90. The van der Waals surface area contributed by atoms with Gasteiger partial charge >= 0.3 is 0 Å². The number of amides is 1. The molecular formula is C17H19NO3. The highest BCUT2D eigenvalue weighted by molar-refractivity contribution is 5.95. The van der Waals surface area contributed by atoms with Gasteiger partial charge in [0.25, 0.3) is 5.91 Å². The second-order valence-electron chi connectivity index (χ2n) is 4.80. The number of aliphatic hydroxyl groups excluding tert-OH is 1. The van der Waals surface area contributed by atoms with Crippen LogP contribution in [0.25, 0.3) is 0 Å². The van der Waals surface area contributed by atoms with Crippen molar-refractivity contribution in [3.05, 3.63) is 65.2 Å². The Morgan fingerprint density at radius 1 is 1.24 bits per heavy atom. The van der Waals surface area contributed by atoms with Crippen molar-refractivity contribution in [2.45, 2.75) is 13.0 Å². The molecule has 2 N–H and O–H groups in total. The van der Waals surface area contributed by atoms with Crippen LogP contribution >= 0.6 is 0 Å². The van der Waals surface area contributed by atoms with Crippen molar-refractivity contribution in [3.8, 4) is 5.75 Å². The van der Waals surface area contributed by atoms with E-state index in [2.05, 4.69) is 5.32 Å². The van der Waals surface area contributed by atoms with Gasteiger partial charge in [-0.1, -0.05) is 36.4 Å². The van der Waals surface area contributed by atoms with Gasteiger partial charge in [0.2, 0.25) is 0 Å². The number of aliphatic hydroxyl groups is 1. The maximum absolute atomic E-state index is 12.3. The zero-order chi connectivity index (χ0) is 15.2. The Morgan fingerprint density at radius 2 is 1.95 bits per heavy atom. The van der Waals surface area contributed by atoms with Gasteiger partial charge in [-0.25, -0.2) is 0 Å². The number of aryl methyl sites for hydroxylation is 1. The molecule has 1 amide bonds. The van der Waals surface area contributed by atoms with Crippen molar-refractivity contribution >= 4 is 5.91 Å². The molecule has 2 aromatic carbocycles. The van der Waals surface area contributed by atoms with Gasteiger partial charge in [-0.05, 0) is 30.2 Å². The molecule has 2 rings (SSSR count). The number of rotatable bonds is 5. The van der Waals surface area contributed by atoms with Gasteiger partial charge in [0.05, 0.1) is 19.8 Å². The van der Waals surface area contributed by atoms with Crippen LogP contribution in [-0.2, 0) is 0 Å². The first-order valence-electron chi connectivity index (χ1n) is 6.77. The lowest BCUT2D eigenvalue weighted by Crippen LogP contribution is -2.30. The molecule has 0 saturated carbocycles. The fourth-order valence-corrected chi connectivity index (χ4v) is 2.12. The van der Waals surface area contributed by atoms with Crippen molar-refractivity contribution in [3.63, 3.8) is 0 Å². The molecule has 0 saturated heterocycles. The van der Waals surface area contributed by atoms with Crippen LogP contribution in [0, 0.1) is 6.92 Å². The fourth-order valence-electron chi connectivity index (χ4n) is 2.12. The van der Waals surface area contributed by atoms with E-state index >= 15 is 0 Å². The van der Waals surface area contributed by atoms with Crippen LogP contribution in [0.1, 0.15) is 27.5 Å². The Morgan fingerprint density at radius 3 is 2.57 bits per heavy atom. The van der Waals surface area contributed by atoms with Gasteiger partial charge in [0, 0.05) is 5.56 Å². The average Bonchev–Trinajstić information content (AvgIpc) is 2.53. The Labute approximate surface area is 124 Å². The zero-order valence-electron chi connectivity index (χ0n) is 12.2. The number of methoxy groups -OCH3 is 1. The third-order valence-corrected chi connectivity index (χ3v) is 3.36. The van der Waals surface area contributed by atoms with Crippen molar-refractivity contribution in [2.75, 3.05) is 13.7 Å². The third kappa shape index (κ3) is 3.61. The van der Waals surface area contributed by atoms with Crippen LogP contribution in [0.4, 0.5) is 0 Å². The number of carbonyl (C=O) groups excluding carboxylic acids is 1. The molecule has 0 spiro atoms. The highest BCUT2D eigenvalue weighted by Gasteiger charge is 2.15. The highest BCUT2D eigenvalue weighted by Crippen LogP contribution is 2.20. The summed E-state index contributed by atoms with van der Waals surface area (Å²) in [4.78, 5) is 12.3. The Bertz CT molecular complexity index is 611. The van der Waals surface area contributed by atoms with Crippen LogP contribution in [0.15, 0.2) is 48.5 Å². The smallest absolute Gasteiger partial charge is 0.251 e. The van der Waals surface area contributed by atoms with E-state index in [1.807, 2.05) is 43.3 Å². The van der Waals surface area contributed by atoms with E-state index in [4.69, 9.17) is 4.74 Å². The first kappa shape index (κ1) is 15.1. The lowest BCUT2D eigenvalue weighted by molar-refractivity contribution is 0.0916. The third-order valence-electron chi connectivity index (χ3n) is 3.36. The van der Waals surface area contributed by atoms with Gasteiger partial charge in [-0.2, -0.15) is 0 Å². The molecule has 0 aromatic heterocycles. The Kier molecular flexibility index (Phi) is 4.95.